The Morgan fingerprint density at radius 1 is 0.825 bits per heavy atom. The summed E-state index contributed by atoms with van der Waals surface area (Å²) in [6, 6.07) is 0. The van der Waals surface area contributed by atoms with Crippen molar-refractivity contribution in [2.24, 2.45) is 23.7 Å². The Morgan fingerprint density at radius 3 is 2.00 bits per heavy atom. The van der Waals surface area contributed by atoms with Crippen LogP contribution in [0.2, 0.25) is 0 Å². The molecule has 1 fully saturated rings. The van der Waals surface area contributed by atoms with Crippen molar-refractivity contribution in [1.82, 2.24) is 0 Å². The molecule has 2 aliphatic rings. The molecule has 2 aliphatic heterocycles. The summed E-state index contributed by atoms with van der Waals surface area (Å²) in [5, 5.41) is 10.8. The summed E-state index contributed by atoms with van der Waals surface area (Å²) in [6.07, 6.45) is 10.3. The molecule has 0 bridgehead atoms. The van der Waals surface area contributed by atoms with Crippen LogP contribution in [0.4, 0.5) is 0 Å². The van der Waals surface area contributed by atoms with Crippen LogP contribution in [0.15, 0.2) is 0 Å². The van der Waals surface area contributed by atoms with Gasteiger partial charge in [-0.05, 0) is 75.0 Å². The van der Waals surface area contributed by atoms with Crippen LogP contribution >= 0.6 is 0 Å². The first kappa shape index (κ1) is 32.3. The number of phenols is 1. The van der Waals surface area contributed by atoms with E-state index in [-0.39, 0.29) is 18.6 Å². The second-order valence-corrected chi connectivity index (χ2v) is 13.7. The van der Waals surface area contributed by atoms with E-state index in [0.29, 0.717) is 23.7 Å². The monoisotopic (exact) mass is 558 g/mol. The van der Waals surface area contributed by atoms with E-state index in [0.717, 1.165) is 41.4 Å². The van der Waals surface area contributed by atoms with Gasteiger partial charge in [-0.2, -0.15) is 0 Å². The Labute approximate surface area is 242 Å². The molecule has 226 valence electrons. The van der Waals surface area contributed by atoms with Gasteiger partial charge in [-0.25, -0.2) is 0 Å². The highest BCUT2D eigenvalue weighted by atomic mass is 16.8. The zero-order valence-electron chi connectivity index (χ0n) is 26.6. The molecule has 1 N–H and O–H groups in total. The number of fused-ring (bicyclic) bond motifs is 1. The molecule has 0 radical (unpaired) electrons. The van der Waals surface area contributed by atoms with Crippen molar-refractivity contribution in [3.63, 3.8) is 0 Å². The predicted molar refractivity (Wildman–Crippen MR) is 158 cm³/mol. The van der Waals surface area contributed by atoms with Gasteiger partial charge < -0.3 is 19.3 Å². The van der Waals surface area contributed by atoms with E-state index >= 15 is 0 Å². The lowest BCUT2D eigenvalue weighted by Crippen LogP contribution is -2.63. The third kappa shape index (κ3) is 7.15. The number of hydrogen-bond acceptors (Lipinski definition) is 6. The van der Waals surface area contributed by atoms with Crippen LogP contribution in [0.1, 0.15) is 128 Å². The molecule has 2 heterocycles. The topological polar surface area (TPSA) is 82.1 Å². The first-order chi connectivity index (χ1) is 18.7. The van der Waals surface area contributed by atoms with E-state index in [9.17, 15) is 14.7 Å². The number of carbonyl (C=O) groups excluding carboxylic acids is 2. The van der Waals surface area contributed by atoms with Crippen LogP contribution in [-0.2, 0) is 25.5 Å². The minimum absolute atomic E-state index is 0.0202. The zero-order valence-corrected chi connectivity index (χ0v) is 26.6. The van der Waals surface area contributed by atoms with Gasteiger partial charge in [0.1, 0.15) is 11.5 Å². The number of benzene rings is 1. The zero-order chi connectivity index (χ0) is 29.8. The molecule has 0 aromatic heterocycles. The van der Waals surface area contributed by atoms with Gasteiger partial charge in [0.25, 0.3) is 5.79 Å². The largest absolute Gasteiger partial charge is 0.507 e. The van der Waals surface area contributed by atoms with E-state index in [1.54, 1.807) is 6.92 Å². The lowest BCUT2D eigenvalue weighted by atomic mass is 9.78. The van der Waals surface area contributed by atoms with Gasteiger partial charge in [-0.15, -0.1) is 0 Å². The van der Waals surface area contributed by atoms with E-state index in [2.05, 4.69) is 27.7 Å². The summed E-state index contributed by atoms with van der Waals surface area (Å²) in [5.74, 6) is -0.0494. The normalized spacial score (nSPS) is 26.1. The van der Waals surface area contributed by atoms with Gasteiger partial charge in [0, 0.05) is 5.56 Å². The second-order valence-electron chi connectivity index (χ2n) is 13.7. The molecule has 6 heteroatoms. The van der Waals surface area contributed by atoms with Crippen molar-refractivity contribution in [1.29, 1.82) is 0 Å². The van der Waals surface area contributed by atoms with Crippen molar-refractivity contribution >= 4 is 11.9 Å². The van der Waals surface area contributed by atoms with Gasteiger partial charge >= 0.3 is 11.9 Å². The predicted octanol–water partition coefficient (Wildman–Crippen LogP) is 8.27. The van der Waals surface area contributed by atoms with Crippen molar-refractivity contribution in [2.75, 3.05) is 0 Å². The number of phenolic OH excluding ortho intramolecular Hbond substituents is 1. The maximum Gasteiger partial charge on any atom is 0.312 e. The molecule has 1 aromatic carbocycles. The molecule has 1 spiro atoms. The summed E-state index contributed by atoms with van der Waals surface area (Å²) >= 11 is 0. The number of ether oxygens (including phenoxy) is 3. The molecule has 0 aliphatic carbocycles. The molecular weight excluding hydrogens is 504 g/mol. The standard InChI is InChI=1S/C34H54O6/c1-21(2)13-10-14-22(3)15-11-16-23(4)17-12-18-33(9)34(38-29(35)19-24(5)32(37)40-34)20-28-27(8)30(36)25(6)26(7)31(28)39-33/h21-24,36H,10-20H2,1-9H3/t22-,23+,24?,33-,34?/m0/s1. The Hall–Kier alpha value is -2.24. The van der Waals surface area contributed by atoms with Gasteiger partial charge in [0.15, 0.2) is 5.60 Å². The first-order valence-corrected chi connectivity index (χ1v) is 15.6. The third-order valence-electron chi connectivity index (χ3n) is 9.53. The van der Waals surface area contributed by atoms with Crippen molar-refractivity contribution < 1.29 is 28.9 Å². The number of aromatic hydroxyl groups is 1. The van der Waals surface area contributed by atoms with Gasteiger partial charge in [-0.3, -0.25) is 9.59 Å². The van der Waals surface area contributed by atoms with Gasteiger partial charge in [0.2, 0.25) is 0 Å². The SMILES string of the molecule is Cc1c(C)c2c(c(C)c1O)CC1(OC(=O)CC(C)C(=O)O1)[C@](C)(CCC[C@H](C)CCC[C@@H](C)CCCC(C)C)O2. The molecule has 5 atom stereocenters. The summed E-state index contributed by atoms with van der Waals surface area (Å²) < 4.78 is 18.8. The Bertz CT molecular complexity index is 1060. The fraction of sp³-hybridized carbons (Fsp3) is 0.765. The Morgan fingerprint density at radius 2 is 1.40 bits per heavy atom. The quantitative estimate of drug-likeness (QED) is 0.260. The van der Waals surface area contributed by atoms with E-state index in [4.69, 9.17) is 14.2 Å². The summed E-state index contributed by atoms with van der Waals surface area (Å²) in [7, 11) is 0. The van der Waals surface area contributed by atoms with Crippen molar-refractivity contribution in [3.8, 4) is 11.5 Å². The van der Waals surface area contributed by atoms with Crippen LogP contribution in [0.5, 0.6) is 11.5 Å². The molecule has 3 rings (SSSR count). The summed E-state index contributed by atoms with van der Waals surface area (Å²) in [5.41, 5.74) is 1.96. The Kier molecular flexibility index (Phi) is 10.6. The molecule has 40 heavy (non-hydrogen) atoms. The summed E-state index contributed by atoms with van der Waals surface area (Å²) in [6.45, 7) is 18.5. The van der Waals surface area contributed by atoms with Crippen LogP contribution in [-0.4, -0.2) is 28.4 Å². The Balaban J connectivity index is 1.73. The van der Waals surface area contributed by atoms with Crippen LogP contribution in [0.25, 0.3) is 0 Å². The molecule has 1 aromatic rings. The van der Waals surface area contributed by atoms with Crippen LogP contribution in [0, 0.1) is 44.4 Å². The van der Waals surface area contributed by atoms with E-state index in [1.807, 2.05) is 27.7 Å². The number of esters is 2. The average molecular weight is 559 g/mol. The lowest BCUT2D eigenvalue weighted by Gasteiger charge is -2.49. The second kappa shape index (κ2) is 13.2. The fourth-order valence-corrected chi connectivity index (χ4v) is 6.38. The highest BCUT2D eigenvalue weighted by molar-refractivity contribution is 5.82. The highest BCUT2D eigenvalue weighted by Gasteiger charge is 2.61. The summed E-state index contributed by atoms with van der Waals surface area (Å²) in [4.78, 5) is 25.9. The number of hydrogen-bond donors (Lipinski definition) is 1. The van der Waals surface area contributed by atoms with Crippen molar-refractivity contribution in [2.45, 2.75) is 144 Å². The third-order valence-corrected chi connectivity index (χ3v) is 9.53. The van der Waals surface area contributed by atoms with Crippen molar-refractivity contribution in [3.05, 3.63) is 22.3 Å². The van der Waals surface area contributed by atoms with E-state index < -0.39 is 29.2 Å². The fourth-order valence-electron chi connectivity index (χ4n) is 6.38. The number of carbonyl (C=O) groups is 2. The minimum Gasteiger partial charge on any atom is -0.507 e. The molecule has 0 amide bonds. The van der Waals surface area contributed by atoms with Gasteiger partial charge in [-0.1, -0.05) is 79.6 Å². The molecule has 1 saturated heterocycles. The lowest BCUT2D eigenvalue weighted by molar-refractivity contribution is -0.286. The molecule has 0 saturated carbocycles. The molecule has 2 unspecified atom stereocenters. The maximum absolute atomic E-state index is 13.0. The smallest absolute Gasteiger partial charge is 0.312 e. The number of rotatable bonds is 12. The molecule has 6 nitrogen and oxygen atoms in total. The van der Waals surface area contributed by atoms with E-state index in [1.165, 1.54) is 38.5 Å². The van der Waals surface area contributed by atoms with Gasteiger partial charge in [0.05, 0.1) is 18.8 Å². The average Bonchev–Trinajstić information content (AvgIpc) is 2.97. The molecular formula is C34H54O6. The van der Waals surface area contributed by atoms with Crippen LogP contribution < -0.4 is 4.74 Å². The maximum atomic E-state index is 13.0. The first-order valence-electron chi connectivity index (χ1n) is 15.6. The highest BCUT2D eigenvalue weighted by Crippen LogP contribution is 2.51. The van der Waals surface area contributed by atoms with Crippen LogP contribution in [0.3, 0.4) is 0 Å². The minimum atomic E-state index is -1.58.